The van der Waals surface area contributed by atoms with Crippen molar-refractivity contribution in [2.24, 2.45) is 5.92 Å². The van der Waals surface area contributed by atoms with E-state index in [1.54, 1.807) is 6.07 Å². The van der Waals surface area contributed by atoms with Crippen molar-refractivity contribution in [1.29, 1.82) is 0 Å². The van der Waals surface area contributed by atoms with Crippen molar-refractivity contribution in [1.82, 2.24) is 9.97 Å². The summed E-state index contributed by atoms with van der Waals surface area (Å²) in [6, 6.07) is 1.67. The summed E-state index contributed by atoms with van der Waals surface area (Å²) in [5.41, 5.74) is 0. The number of nitrogens with one attached hydrogen (secondary N) is 1. The Bertz CT molecular complexity index is 410. The molecule has 1 unspecified atom stereocenters. The number of carboxylic acids is 1. The largest absolute Gasteiger partial charge is 0.481 e. The molecule has 1 rings (SSSR count). The van der Waals surface area contributed by atoms with Crippen molar-refractivity contribution in [2.45, 2.75) is 39.7 Å². The van der Waals surface area contributed by atoms with Gasteiger partial charge in [-0.25, -0.2) is 9.97 Å². The summed E-state index contributed by atoms with van der Waals surface area (Å²) in [7, 11) is 0. The predicted octanol–water partition coefficient (Wildman–Crippen LogP) is 2.18. The molecule has 1 aromatic rings. The highest BCUT2D eigenvalue weighted by molar-refractivity contribution is 5.70. The molecule has 6 heteroatoms. The van der Waals surface area contributed by atoms with E-state index in [1.807, 2.05) is 20.8 Å². The van der Waals surface area contributed by atoms with E-state index in [0.717, 1.165) is 6.42 Å². The van der Waals surface area contributed by atoms with E-state index in [9.17, 15) is 4.79 Å². The lowest BCUT2D eigenvalue weighted by molar-refractivity contribution is -0.141. The normalized spacial score (nSPS) is 12.2. The van der Waals surface area contributed by atoms with Crippen LogP contribution in [-0.2, 0) is 4.79 Å². The highest BCUT2D eigenvalue weighted by Gasteiger charge is 2.16. The van der Waals surface area contributed by atoms with E-state index in [2.05, 4.69) is 15.3 Å². The summed E-state index contributed by atoms with van der Waals surface area (Å²) in [5, 5.41) is 12.1. The van der Waals surface area contributed by atoms with Crippen LogP contribution in [0.25, 0.3) is 0 Å². The summed E-state index contributed by atoms with van der Waals surface area (Å²) < 4.78 is 5.45. The summed E-state index contributed by atoms with van der Waals surface area (Å²) in [6.07, 6.45) is 2.91. The highest BCUT2D eigenvalue weighted by atomic mass is 16.5. The van der Waals surface area contributed by atoms with Crippen LogP contribution >= 0.6 is 0 Å². The molecule has 1 aromatic heterocycles. The summed E-state index contributed by atoms with van der Waals surface area (Å²) >= 11 is 0. The van der Waals surface area contributed by atoms with Crippen LogP contribution in [0.15, 0.2) is 12.4 Å². The van der Waals surface area contributed by atoms with Crippen LogP contribution in [-0.4, -0.2) is 33.7 Å². The number of aliphatic carboxylic acids is 1. The maximum Gasteiger partial charge on any atom is 0.308 e. The molecule has 1 heterocycles. The minimum atomic E-state index is -0.790. The van der Waals surface area contributed by atoms with E-state index >= 15 is 0 Å². The summed E-state index contributed by atoms with van der Waals surface area (Å²) in [4.78, 5) is 19.1. The lowest BCUT2D eigenvalue weighted by atomic mass is 10.0. The number of hydrogen-bond acceptors (Lipinski definition) is 5. The van der Waals surface area contributed by atoms with Crippen molar-refractivity contribution >= 4 is 11.8 Å². The lowest BCUT2D eigenvalue weighted by Crippen LogP contribution is -2.23. The molecule has 0 radical (unpaired) electrons. The first-order valence-electron chi connectivity index (χ1n) is 6.48. The first kappa shape index (κ1) is 15.2. The van der Waals surface area contributed by atoms with E-state index in [-0.39, 0.29) is 6.10 Å². The first-order valence-corrected chi connectivity index (χ1v) is 6.48. The Morgan fingerprint density at radius 3 is 2.79 bits per heavy atom. The molecular formula is C13H21N3O3. The molecule has 6 nitrogen and oxygen atoms in total. The minimum Gasteiger partial charge on any atom is -0.481 e. The highest BCUT2D eigenvalue weighted by Crippen LogP contribution is 2.14. The fourth-order valence-electron chi connectivity index (χ4n) is 1.63. The topological polar surface area (TPSA) is 84.3 Å². The van der Waals surface area contributed by atoms with Crippen molar-refractivity contribution < 1.29 is 14.6 Å². The Morgan fingerprint density at radius 1 is 1.47 bits per heavy atom. The number of ether oxygens (including phenoxy) is 1. The fraction of sp³-hybridized carbons (Fsp3) is 0.615. The number of rotatable bonds is 8. The molecule has 0 amide bonds. The van der Waals surface area contributed by atoms with Gasteiger partial charge in [-0.05, 0) is 20.3 Å². The lowest BCUT2D eigenvalue weighted by Gasteiger charge is -2.13. The van der Waals surface area contributed by atoms with Gasteiger partial charge >= 0.3 is 5.97 Å². The smallest absolute Gasteiger partial charge is 0.308 e. The summed E-state index contributed by atoms with van der Waals surface area (Å²) in [6.45, 7) is 6.14. The van der Waals surface area contributed by atoms with Gasteiger partial charge in [0.05, 0.1) is 12.0 Å². The molecular weight excluding hydrogens is 246 g/mol. The van der Waals surface area contributed by atoms with Crippen LogP contribution in [0.2, 0.25) is 0 Å². The molecule has 0 aromatic carbocycles. The number of aromatic nitrogens is 2. The number of anilines is 1. The third-order valence-electron chi connectivity index (χ3n) is 2.51. The maximum absolute atomic E-state index is 11.0. The van der Waals surface area contributed by atoms with Crippen molar-refractivity contribution in [3.05, 3.63) is 12.4 Å². The molecule has 19 heavy (non-hydrogen) atoms. The van der Waals surface area contributed by atoms with Crippen molar-refractivity contribution in [2.75, 3.05) is 11.9 Å². The third-order valence-corrected chi connectivity index (χ3v) is 2.51. The van der Waals surface area contributed by atoms with Gasteiger partial charge in [0.15, 0.2) is 0 Å². The average Bonchev–Trinajstić information content (AvgIpc) is 2.33. The summed E-state index contributed by atoms with van der Waals surface area (Å²) in [5.74, 6) is -0.139. The van der Waals surface area contributed by atoms with E-state index in [4.69, 9.17) is 9.84 Å². The minimum absolute atomic E-state index is 0.0367. The van der Waals surface area contributed by atoms with Gasteiger partial charge in [0.25, 0.3) is 0 Å². The van der Waals surface area contributed by atoms with E-state index in [1.165, 1.54) is 6.33 Å². The SMILES string of the molecule is CCCC(CNc1cc(OC(C)C)ncn1)C(=O)O. The molecule has 0 saturated carbocycles. The van der Waals surface area contributed by atoms with Crippen LogP contribution in [0, 0.1) is 5.92 Å². The Morgan fingerprint density at radius 2 is 2.21 bits per heavy atom. The quantitative estimate of drug-likeness (QED) is 0.751. The molecule has 1 atom stereocenters. The van der Waals surface area contributed by atoms with Crippen LogP contribution in [0.5, 0.6) is 5.88 Å². The monoisotopic (exact) mass is 267 g/mol. The van der Waals surface area contributed by atoms with Crippen LogP contribution in [0.4, 0.5) is 5.82 Å². The maximum atomic E-state index is 11.0. The first-order chi connectivity index (χ1) is 9.02. The third kappa shape index (κ3) is 5.54. The molecule has 0 aliphatic rings. The zero-order valence-corrected chi connectivity index (χ0v) is 11.6. The second kappa shape index (κ2) is 7.56. The Balaban J connectivity index is 2.58. The number of carbonyl (C=O) groups is 1. The van der Waals surface area contributed by atoms with Crippen LogP contribution in [0.1, 0.15) is 33.6 Å². The number of hydrogen-bond donors (Lipinski definition) is 2. The standard InChI is InChI=1S/C13H21N3O3/c1-4-5-10(13(17)18)7-14-11-6-12(16-8-15-11)19-9(2)3/h6,8-10H,4-5,7H2,1-3H3,(H,17,18)(H,14,15,16). The molecule has 0 aliphatic carbocycles. The van der Waals surface area contributed by atoms with Crippen molar-refractivity contribution in [3.63, 3.8) is 0 Å². The van der Waals surface area contributed by atoms with Gasteiger partial charge in [0.2, 0.25) is 5.88 Å². The fourth-order valence-corrected chi connectivity index (χ4v) is 1.63. The molecule has 0 saturated heterocycles. The Kier molecular flexibility index (Phi) is 6.05. The predicted molar refractivity (Wildman–Crippen MR) is 72.3 cm³/mol. The van der Waals surface area contributed by atoms with Gasteiger partial charge in [-0.1, -0.05) is 13.3 Å². The average molecular weight is 267 g/mol. The molecule has 0 spiro atoms. The van der Waals surface area contributed by atoms with Gasteiger partial charge in [0, 0.05) is 12.6 Å². The van der Waals surface area contributed by atoms with Gasteiger partial charge < -0.3 is 15.2 Å². The zero-order valence-electron chi connectivity index (χ0n) is 11.6. The number of nitrogens with zero attached hydrogens (tertiary/aromatic N) is 2. The second-order valence-electron chi connectivity index (χ2n) is 4.61. The Labute approximate surface area is 113 Å². The molecule has 106 valence electrons. The molecule has 0 bridgehead atoms. The van der Waals surface area contributed by atoms with E-state index < -0.39 is 11.9 Å². The van der Waals surface area contributed by atoms with E-state index in [0.29, 0.717) is 24.7 Å². The molecule has 0 aliphatic heterocycles. The van der Waals surface area contributed by atoms with Crippen LogP contribution < -0.4 is 10.1 Å². The van der Waals surface area contributed by atoms with Gasteiger partial charge in [-0.3, -0.25) is 4.79 Å². The van der Waals surface area contributed by atoms with Gasteiger partial charge in [-0.2, -0.15) is 0 Å². The van der Waals surface area contributed by atoms with Crippen molar-refractivity contribution in [3.8, 4) is 5.88 Å². The molecule has 0 fully saturated rings. The zero-order chi connectivity index (χ0) is 14.3. The van der Waals surface area contributed by atoms with Gasteiger partial charge in [-0.15, -0.1) is 0 Å². The number of carboxylic acid groups (broad SMARTS) is 1. The Hall–Kier alpha value is -1.85. The second-order valence-corrected chi connectivity index (χ2v) is 4.61. The molecule has 2 N–H and O–H groups in total. The van der Waals surface area contributed by atoms with Crippen LogP contribution in [0.3, 0.4) is 0 Å². The van der Waals surface area contributed by atoms with Gasteiger partial charge in [0.1, 0.15) is 12.1 Å².